The number of nitrogens with one attached hydrogen (secondary N) is 1. The molecule has 0 atom stereocenters. The zero-order valence-electron chi connectivity index (χ0n) is 12.0. The molecule has 0 amide bonds. The van der Waals surface area contributed by atoms with Crippen LogP contribution in [0.5, 0.6) is 0 Å². The predicted octanol–water partition coefficient (Wildman–Crippen LogP) is 4.04. The van der Waals surface area contributed by atoms with Crippen LogP contribution in [0.25, 0.3) is 0 Å². The van der Waals surface area contributed by atoms with Gasteiger partial charge in [0.1, 0.15) is 0 Å². The van der Waals surface area contributed by atoms with E-state index in [1.165, 1.54) is 11.3 Å². The Morgan fingerprint density at radius 2 is 2.00 bits per heavy atom. The number of benzene rings is 1. The summed E-state index contributed by atoms with van der Waals surface area (Å²) >= 11 is 12.0. The Morgan fingerprint density at radius 3 is 2.65 bits per heavy atom. The third-order valence-corrected chi connectivity index (χ3v) is 3.96. The van der Waals surface area contributed by atoms with Gasteiger partial charge in [-0.1, -0.05) is 43.1 Å². The first-order valence-electron chi connectivity index (χ1n) is 6.66. The van der Waals surface area contributed by atoms with E-state index >= 15 is 0 Å². The fourth-order valence-corrected chi connectivity index (χ4v) is 2.26. The normalized spacial score (nSPS) is 11.3. The van der Waals surface area contributed by atoms with Gasteiger partial charge >= 0.3 is 0 Å². The molecule has 0 spiro atoms. The number of aromatic nitrogens is 2. The molecule has 0 aliphatic heterocycles. The maximum atomic E-state index is 6.04. The van der Waals surface area contributed by atoms with Crippen LogP contribution in [0.4, 0.5) is 0 Å². The van der Waals surface area contributed by atoms with Crippen molar-refractivity contribution in [2.24, 2.45) is 0 Å². The molecule has 1 aromatic carbocycles. The minimum atomic E-state index is 0.466. The lowest BCUT2D eigenvalue weighted by Gasteiger charge is -2.09. The highest BCUT2D eigenvalue weighted by molar-refractivity contribution is 6.42. The summed E-state index contributed by atoms with van der Waals surface area (Å²) in [5.74, 6) is 0. The molecule has 108 valence electrons. The maximum Gasteiger partial charge on any atom is 0.0663 e. The second kappa shape index (κ2) is 6.61. The Labute approximate surface area is 129 Å². The Hall–Kier alpha value is -1.03. The molecule has 2 aromatic rings. The molecule has 0 saturated heterocycles. The van der Waals surface area contributed by atoms with Gasteiger partial charge < -0.3 is 5.32 Å². The number of nitrogens with zero attached hydrogens (tertiary/aromatic N) is 2. The number of rotatable bonds is 5. The summed E-state index contributed by atoms with van der Waals surface area (Å²) in [5.41, 5.74) is 3.48. The monoisotopic (exact) mass is 311 g/mol. The summed E-state index contributed by atoms with van der Waals surface area (Å²) in [6, 6.07) is 6.14. The van der Waals surface area contributed by atoms with Crippen LogP contribution < -0.4 is 5.32 Å². The lowest BCUT2D eigenvalue weighted by atomic mass is 10.2. The first-order chi connectivity index (χ1) is 9.47. The van der Waals surface area contributed by atoms with E-state index in [1.54, 1.807) is 0 Å². The van der Waals surface area contributed by atoms with Crippen LogP contribution in [0.2, 0.25) is 10.0 Å². The van der Waals surface area contributed by atoms with Gasteiger partial charge in [0, 0.05) is 23.8 Å². The van der Waals surface area contributed by atoms with Crippen molar-refractivity contribution in [1.29, 1.82) is 0 Å². The van der Waals surface area contributed by atoms with Crippen molar-refractivity contribution in [2.45, 2.75) is 39.9 Å². The fourth-order valence-electron chi connectivity index (χ4n) is 1.94. The van der Waals surface area contributed by atoms with Crippen LogP contribution in [0, 0.1) is 6.92 Å². The van der Waals surface area contributed by atoms with Crippen molar-refractivity contribution in [3.63, 3.8) is 0 Å². The molecule has 1 N–H and O–H groups in total. The van der Waals surface area contributed by atoms with Gasteiger partial charge in [-0.2, -0.15) is 5.10 Å². The molecule has 0 radical (unpaired) electrons. The fraction of sp³-hybridized carbons (Fsp3) is 0.400. The third-order valence-electron chi connectivity index (χ3n) is 3.22. The highest BCUT2D eigenvalue weighted by Crippen LogP contribution is 2.23. The van der Waals surface area contributed by atoms with Crippen molar-refractivity contribution in [1.82, 2.24) is 15.1 Å². The van der Waals surface area contributed by atoms with Gasteiger partial charge in [-0.05, 0) is 24.6 Å². The smallest absolute Gasteiger partial charge is 0.0663 e. The average molecular weight is 312 g/mol. The van der Waals surface area contributed by atoms with Crippen LogP contribution in [-0.4, -0.2) is 15.8 Å². The molecule has 0 aliphatic carbocycles. The second-order valence-corrected chi connectivity index (χ2v) is 6.01. The number of halogens is 2. The molecule has 1 heterocycles. The first kappa shape index (κ1) is 15.4. The molecule has 0 saturated carbocycles. The van der Waals surface area contributed by atoms with Gasteiger partial charge in [-0.15, -0.1) is 0 Å². The highest BCUT2D eigenvalue weighted by Gasteiger charge is 2.08. The summed E-state index contributed by atoms with van der Waals surface area (Å²) in [5, 5.41) is 9.00. The molecule has 0 bridgehead atoms. The molecule has 3 nitrogen and oxygen atoms in total. The zero-order valence-corrected chi connectivity index (χ0v) is 13.5. The zero-order chi connectivity index (χ0) is 14.7. The van der Waals surface area contributed by atoms with E-state index in [2.05, 4.69) is 31.2 Å². The van der Waals surface area contributed by atoms with E-state index in [0.29, 0.717) is 22.6 Å². The third kappa shape index (κ3) is 3.75. The quantitative estimate of drug-likeness (QED) is 0.903. The minimum absolute atomic E-state index is 0.466. The SMILES string of the molecule is Cc1c(CNC(C)C)cnn1Cc1ccc(Cl)c(Cl)c1. The second-order valence-electron chi connectivity index (χ2n) is 5.20. The average Bonchev–Trinajstić information content (AvgIpc) is 2.73. The largest absolute Gasteiger partial charge is 0.310 e. The molecular weight excluding hydrogens is 293 g/mol. The molecule has 20 heavy (non-hydrogen) atoms. The van der Waals surface area contributed by atoms with Gasteiger partial charge in [-0.25, -0.2) is 0 Å². The molecule has 0 unspecified atom stereocenters. The van der Waals surface area contributed by atoms with Crippen LogP contribution in [0.3, 0.4) is 0 Å². The summed E-state index contributed by atoms with van der Waals surface area (Å²) < 4.78 is 1.98. The van der Waals surface area contributed by atoms with Gasteiger partial charge in [0.05, 0.1) is 22.8 Å². The Kier molecular flexibility index (Phi) is 5.08. The van der Waals surface area contributed by atoms with Crippen LogP contribution in [0.1, 0.15) is 30.7 Å². The topological polar surface area (TPSA) is 29.9 Å². The molecule has 0 aliphatic rings. The van der Waals surface area contributed by atoms with Crippen molar-refractivity contribution >= 4 is 23.2 Å². The van der Waals surface area contributed by atoms with Crippen LogP contribution in [-0.2, 0) is 13.1 Å². The van der Waals surface area contributed by atoms with E-state index < -0.39 is 0 Å². The van der Waals surface area contributed by atoms with Crippen molar-refractivity contribution < 1.29 is 0 Å². The van der Waals surface area contributed by atoms with E-state index in [9.17, 15) is 0 Å². The van der Waals surface area contributed by atoms with Gasteiger partial charge in [0.2, 0.25) is 0 Å². The molecule has 2 rings (SSSR count). The molecule has 5 heteroatoms. The van der Waals surface area contributed by atoms with Crippen LogP contribution >= 0.6 is 23.2 Å². The summed E-state index contributed by atoms with van der Waals surface area (Å²) in [6.45, 7) is 7.89. The van der Waals surface area contributed by atoms with Gasteiger partial charge in [0.15, 0.2) is 0 Å². The van der Waals surface area contributed by atoms with E-state index in [0.717, 1.165) is 12.1 Å². The standard InChI is InChI=1S/C15H19Cl2N3/c1-10(2)18-7-13-8-19-20(11(13)3)9-12-4-5-14(16)15(17)6-12/h4-6,8,10,18H,7,9H2,1-3H3. The Bertz CT molecular complexity index is 591. The minimum Gasteiger partial charge on any atom is -0.310 e. The van der Waals surface area contributed by atoms with E-state index in [-0.39, 0.29) is 0 Å². The van der Waals surface area contributed by atoms with Gasteiger partial charge in [0.25, 0.3) is 0 Å². The Balaban J connectivity index is 2.11. The van der Waals surface area contributed by atoms with Crippen molar-refractivity contribution in [3.8, 4) is 0 Å². The van der Waals surface area contributed by atoms with Gasteiger partial charge in [-0.3, -0.25) is 4.68 Å². The lowest BCUT2D eigenvalue weighted by Crippen LogP contribution is -2.22. The van der Waals surface area contributed by atoms with Crippen LogP contribution in [0.15, 0.2) is 24.4 Å². The Morgan fingerprint density at radius 1 is 1.25 bits per heavy atom. The lowest BCUT2D eigenvalue weighted by molar-refractivity contribution is 0.585. The van der Waals surface area contributed by atoms with E-state index in [4.69, 9.17) is 23.2 Å². The molecular formula is C15H19Cl2N3. The number of hydrogen-bond acceptors (Lipinski definition) is 2. The molecule has 1 aromatic heterocycles. The summed E-state index contributed by atoms with van der Waals surface area (Å²) in [6.07, 6.45) is 1.92. The maximum absolute atomic E-state index is 6.04. The summed E-state index contributed by atoms with van der Waals surface area (Å²) in [4.78, 5) is 0. The van der Waals surface area contributed by atoms with Crippen molar-refractivity contribution in [2.75, 3.05) is 0 Å². The predicted molar refractivity (Wildman–Crippen MR) is 84.5 cm³/mol. The summed E-state index contributed by atoms with van der Waals surface area (Å²) in [7, 11) is 0. The number of hydrogen-bond donors (Lipinski definition) is 1. The molecule has 0 fully saturated rings. The highest BCUT2D eigenvalue weighted by atomic mass is 35.5. The van der Waals surface area contributed by atoms with Crippen molar-refractivity contribution in [3.05, 3.63) is 51.3 Å². The first-order valence-corrected chi connectivity index (χ1v) is 7.41. The van der Waals surface area contributed by atoms with E-state index in [1.807, 2.05) is 29.1 Å².